The van der Waals surface area contributed by atoms with Crippen molar-refractivity contribution in [3.8, 4) is 6.07 Å². The number of nitrogens with zero attached hydrogens (tertiary/aromatic N) is 1. The van der Waals surface area contributed by atoms with Gasteiger partial charge in [-0.1, -0.05) is 6.92 Å². The van der Waals surface area contributed by atoms with Gasteiger partial charge in [0.05, 0.1) is 12.1 Å². The van der Waals surface area contributed by atoms with Gasteiger partial charge in [-0.2, -0.15) is 5.26 Å². The first-order valence-electron chi connectivity index (χ1n) is 3.87. The summed E-state index contributed by atoms with van der Waals surface area (Å²) in [5, 5.41) is 11.9. The Labute approximate surface area is 62.2 Å². The van der Waals surface area contributed by atoms with E-state index in [9.17, 15) is 0 Å². The van der Waals surface area contributed by atoms with Crippen LogP contribution in [0.3, 0.4) is 0 Å². The number of hydrogen-bond acceptors (Lipinski definition) is 2. The van der Waals surface area contributed by atoms with E-state index in [0.717, 1.165) is 6.42 Å². The minimum Gasteiger partial charge on any atom is -0.297 e. The van der Waals surface area contributed by atoms with Crippen molar-refractivity contribution < 1.29 is 0 Å². The zero-order valence-corrected chi connectivity index (χ0v) is 6.65. The van der Waals surface area contributed by atoms with E-state index in [2.05, 4.69) is 18.3 Å². The molecule has 0 aliphatic heterocycles. The highest BCUT2D eigenvalue weighted by atomic mass is 15.0. The molecule has 2 heteroatoms. The molecular formula is C8H14N2. The van der Waals surface area contributed by atoms with Crippen molar-refractivity contribution in [1.29, 1.82) is 5.26 Å². The molecule has 1 aliphatic rings. The van der Waals surface area contributed by atoms with Crippen LogP contribution in [0.5, 0.6) is 0 Å². The summed E-state index contributed by atoms with van der Waals surface area (Å²) in [5.41, 5.74) is 0.302. The molecule has 1 fully saturated rings. The predicted octanol–water partition coefficient (Wildman–Crippen LogP) is 1.43. The lowest BCUT2D eigenvalue weighted by molar-refractivity contribution is 0.480. The molecule has 0 amide bonds. The summed E-state index contributed by atoms with van der Waals surface area (Å²) in [4.78, 5) is 0. The fourth-order valence-corrected chi connectivity index (χ4v) is 0.978. The maximum Gasteiger partial charge on any atom is 0.0954 e. The molecule has 0 spiro atoms. The number of nitriles is 1. The maximum absolute atomic E-state index is 8.60. The lowest BCUT2D eigenvalue weighted by atomic mass is 10.2. The van der Waals surface area contributed by atoms with Crippen LogP contribution in [0.25, 0.3) is 0 Å². The first-order chi connectivity index (χ1) is 4.70. The molecule has 1 N–H and O–H groups in total. The van der Waals surface area contributed by atoms with Crippen molar-refractivity contribution in [2.24, 2.45) is 0 Å². The minimum atomic E-state index is 0.0625. The van der Waals surface area contributed by atoms with Crippen LogP contribution < -0.4 is 5.32 Å². The van der Waals surface area contributed by atoms with Gasteiger partial charge in [0.25, 0.3) is 0 Å². The molecule has 1 rings (SSSR count). The fourth-order valence-electron chi connectivity index (χ4n) is 0.978. The van der Waals surface area contributed by atoms with Gasteiger partial charge in [0.2, 0.25) is 0 Å². The lowest BCUT2D eigenvalue weighted by Gasteiger charge is -2.14. The van der Waals surface area contributed by atoms with Crippen molar-refractivity contribution in [2.45, 2.75) is 44.7 Å². The average Bonchev–Trinajstić information content (AvgIpc) is 2.64. The molecule has 10 heavy (non-hydrogen) atoms. The molecule has 1 atom stereocenters. The Kier molecular flexibility index (Phi) is 1.96. The Morgan fingerprint density at radius 2 is 2.30 bits per heavy atom. The quantitative estimate of drug-likeness (QED) is 0.640. The Hall–Kier alpha value is -0.550. The monoisotopic (exact) mass is 138 g/mol. The summed E-state index contributed by atoms with van der Waals surface area (Å²) >= 11 is 0. The molecule has 0 radical (unpaired) electrons. The van der Waals surface area contributed by atoms with Crippen molar-refractivity contribution in [1.82, 2.24) is 5.32 Å². The minimum absolute atomic E-state index is 0.0625. The van der Waals surface area contributed by atoms with Gasteiger partial charge in [0.1, 0.15) is 0 Å². The van der Waals surface area contributed by atoms with Gasteiger partial charge >= 0.3 is 0 Å². The summed E-state index contributed by atoms with van der Waals surface area (Å²) in [6, 6.07) is 2.30. The van der Waals surface area contributed by atoms with Crippen LogP contribution in [0.1, 0.15) is 33.1 Å². The Balaban J connectivity index is 2.30. The first kappa shape index (κ1) is 7.56. The van der Waals surface area contributed by atoms with Crippen LogP contribution in [0.4, 0.5) is 0 Å². The molecule has 0 aromatic rings. The van der Waals surface area contributed by atoms with E-state index >= 15 is 0 Å². The predicted molar refractivity (Wildman–Crippen MR) is 40.5 cm³/mol. The largest absolute Gasteiger partial charge is 0.297 e. The number of hydrogen-bond donors (Lipinski definition) is 1. The van der Waals surface area contributed by atoms with Crippen LogP contribution in [0.15, 0.2) is 0 Å². The van der Waals surface area contributed by atoms with Crippen molar-refractivity contribution in [3.63, 3.8) is 0 Å². The Morgan fingerprint density at radius 1 is 1.70 bits per heavy atom. The molecule has 1 saturated carbocycles. The molecule has 0 bridgehead atoms. The highest BCUT2D eigenvalue weighted by Crippen LogP contribution is 2.34. The molecular weight excluding hydrogens is 124 g/mol. The van der Waals surface area contributed by atoms with E-state index in [1.54, 1.807) is 0 Å². The van der Waals surface area contributed by atoms with Gasteiger partial charge in [0.15, 0.2) is 0 Å². The SMILES string of the molecule is CCC(C#N)NC1(C)CC1. The van der Waals surface area contributed by atoms with E-state index in [-0.39, 0.29) is 6.04 Å². The Bertz CT molecular complexity index is 153. The maximum atomic E-state index is 8.60. The molecule has 0 heterocycles. The van der Waals surface area contributed by atoms with Crippen molar-refractivity contribution in [2.75, 3.05) is 0 Å². The van der Waals surface area contributed by atoms with E-state index in [1.165, 1.54) is 12.8 Å². The molecule has 2 nitrogen and oxygen atoms in total. The highest BCUT2D eigenvalue weighted by molar-refractivity contribution is 5.03. The smallest absolute Gasteiger partial charge is 0.0954 e. The normalized spacial score (nSPS) is 23.3. The molecule has 1 aliphatic carbocycles. The van der Waals surface area contributed by atoms with Gasteiger partial charge in [-0.3, -0.25) is 5.32 Å². The second-order valence-corrected chi connectivity index (χ2v) is 3.29. The third-order valence-corrected chi connectivity index (χ3v) is 2.09. The first-order valence-corrected chi connectivity index (χ1v) is 3.87. The van der Waals surface area contributed by atoms with Gasteiger partial charge in [0, 0.05) is 5.54 Å². The highest BCUT2D eigenvalue weighted by Gasteiger charge is 2.38. The van der Waals surface area contributed by atoms with Crippen LogP contribution in [-0.4, -0.2) is 11.6 Å². The van der Waals surface area contributed by atoms with Crippen LogP contribution in [-0.2, 0) is 0 Å². The standard InChI is InChI=1S/C8H14N2/c1-3-7(6-9)10-8(2)4-5-8/h7,10H,3-5H2,1-2H3. The summed E-state index contributed by atoms with van der Waals surface area (Å²) in [7, 11) is 0. The molecule has 1 unspecified atom stereocenters. The fraction of sp³-hybridized carbons (Fsp3) is 0.875. The van der Waals surface area contributed by atoms with Crippen LogP contribution >= 0.6 is 0 Å². The van der Waals surface area contributed by atoms with Gasteiger partial charge in [-0.25, -0.2) is 0 Å². The summed E-state index contributed by atoms with van der Waals surface area (Å²) < 4.78 is 0. The van der Waals surface area contributed by atoms with Crippen molar-refractivity contribution in [3.05, 3.63) is 0 Å². The summed E-state index contributed by atoms with van der Waals surface area (Å²) in [6.45, 7) is 4.21. The molecule has 0 aromatic heterocycles. The Morgan fingerprint density at radius 3 is 2.60 bits per heavy atom. The van der Waals surface area contributed by atoms with Gasteiger partial charge in [-0.05, 0) is 26.2 Å². The van der Waals surface area contributed by atoms with Crippen LogP contribution in [0.2, 0.25) is 0 Å². The van der Waals surface area contributed by atoms with E-state index in [1.807, 2.05) is 6.92 Å². The second kappa shape index (κ2) is 2.59. The average molecular weight is 138 g/mol. The topological polar surface area (TPSA) is 35.8 Å². The zero-order valence-electron chi connectivity index (χ0n) is 6.65. The van der Waals surface area contributed by atoms with E-state index in [4.69, 9.17) is 5.26 Å². The number of nitrogens with one attached hydrogen (secondary N) is 1. The van der Waals surface area contributed by atoms with Crippen LogP contribution in [0, 0.1) is 11.3 Å². The van der Waals surface area contributed by atoms with Gasteiger partial charge < -0.3 is 0 Å². The van der Waals surface area contributed by atoms with Gasteiger partial charge in [-0.15, -0.1) is 0 Å². The zero-order chi connectivity index (χ0) is 7.61. The number of rotatable bonds is 3. The lowest BCUT2D eigenvalue weighted by Crippen LogP contribution is -2.36. The summed E-state index contributed by atoms with van der Waals surface area (Å²) in [5.74, 6) is 0. The summed E-state index contributed by atoms with van der Waals surface area (Å²) in [6.07, 6.45) is 3.36. The van der Waals surface area contributed by atoms with E-state index < -0.39 is 0 Å². The third kappa shape index (κ3) is 1.71. The second-order valence-electron chi connectivity index (χ2n) is 3.29. The van der Waals surface area contributed by atoms with E-state index in [0.29, 0.717) is 5.54 Å². The molecule has 56 valence electrons. The molecule has 0 saturated heterocycles. The third-order valence-electron chi connectivity index (χ3n) is 2.09. The molecule has 0 aromatic carbocycles. The van der Waals surface area contributed by atoms with Crippen molar-refractivity contribution >= 4 is 0 Å².